The number of rotatable bonds is 4. The first-order valence-corrected chi connectivity index (χ1v) is 11.8. The van der Waals surface area contributed by atoms with E-state index in [2.05, 4.69) is 31.0 Å². The topological polar surface area (TPSA) is 108 Å². The minimum Gasteiger partial charge on any atom is -0.244 e. The van der Waals surface area contributed by atoms with Crippen LogP contribution in [0.15, 0.2) is 142 Å². The van der Waals surface area contributed by atoms with Crippen molar-refractivity contribution < 1.29 is 9.59 Å². The first kappa shape index (κ1) is 24.2. The standard InChI is InChI=1S/C30H22N6O2/c37-29-31-25(21-13-5-1-6-14-21)26(22-15-7-2-8-16-22)32-30(38)36-34-28(24-19-11-4-12-20-24)27(33-35-29)23-17-9-3-10-18-23/h1-20H,(H,31,35,37)(H,32,36,38). The van der Waals surface area contributed by atoms with E-state index in [1.165, 1.54) is 0 Å². The fourth-order valence-electron chi connectivity index (χ4n) is 3.86. The molecule has 0 atom stereocenters. The van der Waals surface area contributed by atoms with Crippen molar-refractivity contribution in [2.45, 2.75) is 0 Å². The summed E-state index contributed by atoms with van der Waals surface area (Å²) >= 11 is 0. The SMILES string of the molecule is O=C1/N=C(c2ccccc2)\C(c2ccccc2)=N\C(=O)N/N=C(c2ccccc2)/C(c2ccccc2)=N\N1. The lowest BCUT2D eigenvalue weighted by Gasteiger charge is -2.14. The number of nitrogens with zero attached hydrogens (tertiary/aromatic N) is 4. The highest BCUT2D eigenvalue weighted by molar-refractivity contribution is 6.56. The second-order valence-corrected chi connectivity index (χ2v) is 8.14. The average molecular weight is 499 g/mol. The molecule has 0 unspecified atom stereocenters. The maximum Gasteiger partial charge on any atom is 0.361 e. The predicted octanol–water partition coefficient (Wildman–Crippen LogP) is 5.21. The van der Waals surface area contributed by atoms with Crippen molar-refractivity contribution in [1.82, 2.24) is 10.9 Å². The van der Waals surface area contributed by atoms with Crippen LogP contribution in [0.1, 0.15) is 22.3 Å². The second-order valence-electron chi connectivity index (χ2n) is 8.14. The molecule has 5 rings (SSSR count). The molecule has 8 heteroatoms. The lowest BCUT2D eigenvalue weighted by Crippen LogP contribution is -2.30. The molecule has 0 bridgehead atoms. The number of aliphatic imine (C=N–C) groups is 2. The first-order chi connectivity index (χ1) is 18.7. The van der Waals surface area contributed by atoms with E-state index < -0.39 is 12.1 Å². The van der Waals surface area contributed by atoms with Gasteiger partial charge in [-0.2, -0.15) is 20.2 Å². The highest BCUT2D eigenvalue weighted by atomic mass is 16.2. The van der Waals surface area contributed by atoms with E-state index in [9.17, 15) is 9.59 Å². The van der Waals surface area contributed by atoms with Crippen molar-refractivity contribution in [2.24, 2.45) is 20.2 Å². The number of carbonyl (C=O) groups excluding carboxylic acids is 2. The monoisotopic (exact) mass is 498 g/mol. The number of amides is 4. The molecule has 0 radical (unpaired) electrons. The normalized spacial score (nSPS) is 19.9. The Morgan fingerprint density at radius 1 is 0.368 bits per heavy atom. The minimum atomic E-state index is -0.727. The number of hydrogen-bond donors (Lipinski definition) is 2. The molecule has 0 aliphatic carbocycles. The average Bonchev–Trinajstić information content (AvgIpc) is 2.98. The van der Waals surface area contributed by atoms with Gasteiger partial charge >= 0.3 is 12.1 Å². The van der Waals surface area contributed by atoms with Gasteiger partial charge in [-0.05, 0) is 0 Å². The van der Waals surface area contributed by atoms with Gasteiger partial charge in [0.2, 0.25) is 0 Å². The van der Waals surface area contributed by atoms with Crippen molar-refractivity contribution in [1.29, 1.82) is 0 Å². The Bertz CT molecular complexity index is 1440. The van der Waals surface area contributed by atoms with E-state index in [-0.39, 0.29) is 11.4 Å². The van der Waals surface area contributed by atoms with Gasteiger partial charge in [-0.3, -0.25) is 0 Å². The van der Waals surface area contributed by atoms with Gasteiger partial charge in [0.25, 0.3) is 0 Å². The molecule has 1 heterocycles. The third kappa shape index (κ3) is 5.66. The number of nitrogens with one attached hydrogen (secondary N) is 2. The highest BCUT2D eigenvalue weighted by Crippen LogP contribution is 2.13. The number of urea groups is 2. The number of benzene rings is 4. The molecule has 0 aromatic heterocycles. The maximum atomic E-state index is 13.2. The van der Waals surface area contributed by atoms with Crippen LogP contribution in [0.4, 0.5) is 9.59 Å². The summed E-state index contributed by atoms with van der Waals surface area (Å²) in [5.41, 5.74) is 8.79. The van der Waals surface area contributed by atoms with Gasteiger partial charge in [0.05, 0.1) is 0 Å². The Labute approximate surface area is 219 Å². The molecule has 4 aromatic carbocycles. The first-order valence-electron chi connectivity index (χ1n) is 11.8. The van der Waals surface area contributed by atoms with Crippen LogP contribution in [0.5, 0.6) is 0 Å². The zero-order valence-electron chi connectivity index (χ0n) is 20.2. The number of carbonyl (C=O) groups is 2. The van der Waals surface area contributed by atoms with E-state index in [0.717, 1.165) is 0 Å². The zero-order valence-corrected chi connectivity index (χ0v) is 20.2. The molecule has 1 aliphatic heterocycles. The van der Waals surface area contributed by atoms with Crippen LogP contribution in [-0.4, -0.2) is 34.9 Å². The predicted molar refractivity (Wildman–Crippen MR) is 149 cm³/mol. The Hall–Kier alpha value is -5.50. The van der Waals surface area contributed by atoms with Crippen LogP contribution in [0, 0.1) is 0 Å². The van der Waals surface area contributed by atoms with E-state index >= 15 is 0 Å². The van der Waals surface area contributed by atoms with E-state index in [0.29, 0.717) is 33.7 Å². The summed E-state index contributed by atoms with van der Waals surface area (Å²) in [6.07, 6.45) is 0. The van der Waals surface area contributed by atoms with Gasteiger partial charge < -0.3 is 0 Å². The van der Waals surface area contributed by atoms with Crippen molar-refractivity contribution in [3.63, 3.8) is 0 Å². The molecule has 4 aromatic rings. The zero-order chi connectivity index (χ0) is 26.2. The summed E-state index contributed by atoms with van der Waals surface area (Å²) in [5.74, 6) is 0. The molecule has 2 N–H and O–H groups in total. The van der Waals surface area contributed by atoms with Crippen molar-refractivity contribution >= 4 is 34.9 Å². The smallest absolute Gasteiger partial charge is 0.244 e. The summed E-state index contributed by atoms with van der Waals surface area (Å²) in [4.78, 5) is 34.9. The van der Waals surface area contributed by atoms with E-state index in [1.54, 1.807) is 24.3 Å². The molecule has 0 fully saturated rings. The molecule has 0 spiro atoms. The fraction of sp³-hybridized carbons (Fsp3) is 0. The van der Waals surface area contributed by atoms with Crippen LogP contribution in [0.25, 0.3) is 0 Å². The van der Waals surface area contributed by atoms with Crippen LogP contribution in [0.3, 0.4) is 0 Å². The highest BCUT2D eigenvalue weighted by Gasteiger charge is 2.21. The molecular weight excluding hydrogens is 476 g/mol. The van der Waals surface area contributed by atoms with Crippen molar-refractivity contribution in [3.05, 3.63) is 144 Å². The minimum absolute atomic E-state index is 0.216. The third-order valence-electron chi connectivity index (χ3n) is 5.59. The molecular formula is C30H22N6O2. The number of hydrogen-bond acceptors (Lipinski definition) is 4. The third-order valence-corrected chi connectivity index (χ3v) is 5.59. The van der Waals surface area contributed by atoms with Crippen LogP contribution >= 0.6 is 0 Å². The largest absolute Gasteiger partial charge is 0.361 e. The molecule has 184 valence electrons. The van der Waals surface area contributed by atoms with Gasteiger partial charge in [0, 0.05) is 22.3 Å². The summed E-state index contributed by atoms with van der Waals surface area (Å²) in [7, 11) is 0. The van der Waals surface area contributed by atoms with Gasteiger partial charge in [0.15, 0.2) is 0 Å². The Balaban J connectivity index is 1.69. The van der Waals surface area contributed by atoms with Gasteiger partial charge in [-0.25, -0.2) is 20.4 Å². The Kier molecular flexibility index (Phi) is 7.32. The van der Waals surface area contributed by atoms with Crippen molar-refractivity contribution in [3.8, 4) is 0 Å². The molecule has 38 heavy (non-hydrogen) atoms. The van der Waals surface area contributed by atoms with Crippen molar-refractivity contribution in [2.75, 3.05) is 0 Å². The second kappa shape index (κ2) is 11.5. The number of hydrazone groups is 2. The van der Waals surface area contributed by atoms with E-state index in [1.807, 2.05) is 97.1 Å². The Morgan fingerprint density at radius 2 is 0.632 bits per heavy atom. The summed E-state index contributed by atoms with van der Waals surface area (Å²) in [6.45, 7) is 0. The molecule has 0 saturated carbocycles. The Morgan fingerprint density at radius 3 is 0.921 bits per heavy atom. The summed E-state index contributed by atoms with van der Waals surface area (Å²) < 4.78 is 0. The molecule has 0 saturated heterocycles. The van der Waals surface area contributed by atoms with Crippen LogP contribution in [0.2, 0.25) is 0 Å². The fourth-order valence-corrected chi connectivity index (χ4v) is 3.86. The summed E-state index contributed by atoms with van der Waals surface area (Å²) in [5, 5.41) is 8.81. The van der Waals surface area contributed by atoms with Crippen LogP contribution < -0.4 is 10.9 Å². The van der Waals surface area contributed by atoms with E-state index in [4.69, 9.17) is 0 Å². The lowest BCUT2D eigenvalue weighted by atomic mass is 9.99. The quantitative estimate of drug-likeness (QED) is 0.403. The van der Waals surface area contributed by atoms with Gasteiger partial charge in [-0.15, -0.1) is 0 Å². The summed E-state index contributed by atoms with van der Waals surface area (Å²) in [6, 6.07) is 35.1. The molecule has 8 nitrogen and oxygen atoms in total. The van der Waals surface area contributed by atoms with Crippen LogP contribution in [-0.2, 0) is 0 Å². The van der Waals surface area contributed by atoms with Gasteiger partial charge in [-0.1, -0.05) is 121 Å². The molecule has 1 aliphatic rings. The van der Waals surface area contributed by atoms with Gasteiger partial charge in [0.1, 0.15) is 22.8 Å². The lowest BCUT2D eigenvalue weighted by molar-refractivity contribution is 0.248. The maximum absolute atomic E-state index is 13.2. The molecule has 4 amide bonds.